The number of thiazole rings is 1. The Morgan fingerprint density at radius 1 is 1.18 bits per heavy atom. The maximum atomic E-state index is 13.8. The number of methoxy groups -OCH3 is 1. The van der Waals surface area contributed by atoms with Crippen LogP contribution in [-0.2, 0) is 9.53 Å². The van der Waals surface area contributed by atoms with Gasteiger partial charge in [0, 0.05) is 20.6 Å². The van der Waals surface area contributed by atoms with Gasteiger partial charge in [0.15, 0.2) is 4.80 Å². The van der Waals surface area contributed by atoms with Crippen LogP contribution in [0, 0.1) is 0 Å². The number of carbonyl (C=O) groups excluding carboxylic acids is 1. The molecule has 10 heteroatoms. The van der Waals surface area contributed by atoms with Gasteiger partial charge in [-0.3, -0.25) is 9.36 Å². The van der Waals surface area contributed by atoms with E-state index >= 15 is 0 Å². The summed E-state index contributed by atoms with van der Waals surface area (Å²) in [5, 5.41) is 0. The molecule has 0 saturated carbocycles. The number of carbonyl (C=O) groups is 1. The minimum absolute atomic E-state index is 0.208. The highest BCUT2D eigenvalue weighted by Crippen LogP contribution is 2.33. The van der Waals surface area contributed by atoms with E-state index in [1.54, 1.807) is 31.6 Å². The first-order valence-corrected chi connectivity index (χ1v) is 14.1. The van der Waals surface area contributed by atoms with Crippen LogP contribution in [0.4, 0.5) is 0 Å². The van der Waals surface area contributed by atoms with E-state index < -0.39 is 12.0 Å². The molecule has 0 aliphatic carbocycles. The van der Waals surface area contributed by atoms with Gasteiger partial charge in [-0.2, -0.15) is 0 Å². The summed E-state index contributed by atoms with van der Waals surface area (Å²) in [5.74, 6) is 1.29. The number of benzene rings is 2. The number of aromatic nitrogens is 1. The highest BCUT2D eigenvalue weighted by atomic mass is 79.9. The summed E-state index contributed by atoms with van der Waals surface area (Å²) in [4.78, 5) is 31.9. The summed E-state index contributed by atoms with van der Waals surface area (Å²) >= 11 is 8.29. The highest BCUT2D eigenvalue weighted by molar-refractivity contribution is 9.11. The molecular formula is C28H22Br2N2O5S. The van der Waals surface area contributed by atoms with Crippen molar-refractivity contribution in [2.75, 3.05) is 13.7 Å². The van der Waals surface area contributed by atoms with E-state index in [0.717, 1.165) is 14.5 Å². The van der Waals surface area contributed by atoms with Crippen molar-refractivity contribution in [3.8, 4) is 17.1 Å². The number of hydrogen-bond acceptors (Lipinski definition) is 7. The fourth-order valence-corrected chi connectivity index (χ4v) is 6.14. The molecule has 194 valence electrons. The molecule has 0 unspecified atom stereocenters. The van der Waals surface area contributed by atoms with E-state index in [1.807, 2.05) is 54.6 Å². The van der Waals surface area contributed by atoms with Crippen LogP contribution in [0.25, 0.3) is 17.4 Å². The SMILES string of the molecule is CCOC(=O)C1=C(C)N=c2s/c(=C/c3ccc(-c4cc(Br)ccc4Br)o3)c(=O)n2[C@H]1c1cccc(OC)c1. The fourth-order valence-electron chi connectivity index (χ4n) is 4.31. The van der Waals surface area contributed by atoms with E-state index in [1.165, 1.54) is 11.3 Å². The lowest BCUT2D eigenvalue weighted by molar-refractivity contribution is -0.139. The largest absolute Gasteiger partial charge is 0.497 e. The van der Waals surface area contributed by atoms with E-state index in [4.69, 9.17) is 13.9 Å². The Morgan fingerprint density at radius 3 is 2.76 bits per heavy atom. The predicted octanol–water partition coefficient (Wildman–Crippen LogP) is 5.59. The van der Waals surface area contributed by atoms with E-state index in [2.05, 4.69) is 36.9 Å². The van der Waals surface area contributed by atoms with Crippen LogP contribution in [0.3, 0.4) is 0 Å². The Balaban J connectivity index is 1.65. The fraction of sp³-hybridized carbons (Fsp3) is 0.179. The molecule has 2 aromatic carbocycles. The molecule has 7 nitrogen and oxygen atoms in total. The van der Waals surface area contributed by atoms with Gasteiger partial charge in [-0.05, 0) is 61.9 Å². The monoisotopic (exact) mass is 656 g/mol. The summed E-state index contributed by atoms with van der Waals surface area (Å²) in [6.07, 6.45) is 1.70. The molecule has 1 aliphatic heterocycles. The number of hydrogen-bond donors (Lipinski definition) is 0. The number of allylic oxidation sites excluding steroid dienone is 1. The standard InChI is InChI=1S/C28H22Br2N2O5S/c1-4-36-27(34)24-15(2)31-28-32(25(24)16-6-5-7-18(12-16)35-3)26(33)23(38-28)14-19-9-11-22(37-19)20-13-17(29)8-10-21(20)30/h5-14,25H,4H2,1-3H3/b23-14+/t25-/m0/s1. The van der Waals surface area contributed by atoms with Gasteiger partial charge < -0.3 is 13.9 Å². The average Bonchev–Trinajstić information content (AvgIpc) is 3.49. The molecule has 1 aliphatic rings. The number of esters is 1. The first kappa shape index (κ1) is 26.4. The molecule has 1 atom stereocenters. The number of halogens is 2. The lowest BCUT2D eigenvalue weighted by Crippen LogP contribution is -2.39. The van der Waals surface area contributed by atoms with Crippen molar-refractivity contribution in [1.82, 2.24) is 4.57 Å². The molecule has 0 bridgehead atoms. The molecule has 38 heavy (non-hydrogen) atoms. The Labute approximate surface area is 239 Å². The van der Waals surface area contributed by atoms with E-state index in [-0.39, 0.29) is 12.2 Å². The van der Waals surface area contributed by atoms with Gasteiger partial charge in [0.25, 0.3) is 5.56 Å². The predicted molar refractivity (Wildman–Crippen MR) is 153 cm³/mol. The first-order chi connectivity index (χ1) is 18.3. The normalized spacial score (nSPS) is 15.3. The van der Waals surface area contributed by atoms with Gasteiger partial charge in [-0.25, -0.2) is 9.79 Å². The molecule has 2 aromatic heterocycles. The van der Waals surface area contributed by atoms with Crippen LogP contribution in [0.1, 0.15) is 31.2 Å². The van der Waals surface area contributed by atoms with Crippen LogP contribution in [0.2, 0.25) is 0 Å². The van der Waals surface area contributed by atoms with Crippen molar-refractivity contribution in [1.29, 1.82) is 0 Å². The van der Waals surface area contributed by atoms with E-state index in [0.29, 0.717) is 43.4 Å². The Kier molecular flexibility index (Phi) is 7.56. The Bertz CT molecular complexity index is 1770. The third-order valence-corrected chi connectivity index (χ3v) is 8.19. The number of ether oxygens (including phenoxy) is 2. The Hall–Kier alpha value is -3.21. The molecular weight excluding hydrogens is 636 g/mol. The number of nitrogens with zero attached hydrogens (tertiary/aromatic N) is 2. The van der Waals surface area contributed by atoms with Crippen molar-refractivity contribution in [2.45, 2.75) is 19.9 Å². The second kappa shape index (κ2) is 10.9. The van der Waals surface area contributed by atoms with Crippen molar-refractivity contribution < 1.29 is 18.7 Å². The highest BCUT2D eigenvalue weighted by Gasteiger charge is 2.33. The zero-order valence-corrected chi connectivity index (χ0v) is 24.6. The summed E-state index contributed by atoms with van der Waals surface area (Å²) in [6, 6.07) is 16.1. The summed E-state index contributed by atoms with van der Waals surface area (Å²) < 4.78 is 20.6. The lowest BCUT2D eigenvalue weighted by atomic mass is 9.95. The summed E-state index contributed by atoms with van der Waals surface area (Å²) in [5.41, 5.74) is 2.14. The van der Waals surface area contributed by atoms with Crippen LogP contribution in [0.15, 0.2) is 89.0 Å². The topological polar surface area (TPSA) is 83.0 Å². The molecule has 5 rings (SSSR count). The van der Waals surface area contributed by atoms with Crippen LogP contribution in [0.5, 0.6) is 5.75 Å². The van der Waals surface area contributed by atoms with Gasteiger partial charge >= 0.3 is 5.97 Å². The molecule has 4 aromatic rings. The smallest absolute Gasteiger partial charge is 0.338 e. The third-order valence-electron chi connectivity index (χ3n) is 6.02. The zero-order chi connectivity index (χ0) is 27.0. The quantitative estimate of drug-likeness (QED) is 0.253. The van der Waals surface area contributed by atoms with Gasteiger partial charge in [-0.15, -0.1) is 0 Å². The second-order valence-corrected chi connectivity index (χ2v) is 11.2. The van der Waals surface area contributed by atoms with Gasteiger partial charge in [0.05, 0.1) is 35.6 Å². The van der Waals surface area contributed by atoms with Gasteiger partial charge in [0.2, 0.25) is 0 Å². The van der Waals surface area contributed by atoms with Gasteiger partial charge in [0.1, 0.15) is 17.3 Å². The molecule has 0 fully saturated rings. The second-order valence-electron chi connectivity index (χ2n) is 8.41. The van der Waals surface area contributed by atoms with Crippen LogP contribution in [-0.4, -0.2) is 24.3 Å². The Morgan fingerprint density at radius 2 is 2.00 bits per heavy atom. The molecule has 0 spiro atoms. The first-order valence-electron chi connectivity index (χ1n) is 11.7. The van der Waals surface area contributed by atoms with E-state index in [9.17, 15) is 9.59 Å². The minimum Gasteiger partial charge on any atom is -0.497 e. The molecule has 0 amide bonds. The molecule has 0 saturated heterocycles. The van der Waals surface area contributed by atoms with Crippen LogP contribution >= 0.6 is 43.2 Å². The molecule has 3 heterocycles. The van der Waals surface area contributed by atoms with Crippen LogP contribution < -0.4 is 19.6 Å². The summed E-state index contributed by atoms with van der Waals surface area (Å²) in [7, 11) is 1.57. The molecule has 0 N–H and O–H groups in total. The van der Waals surface area contributed by atoms with Crippen molar-refractivity contribution >= 4 is 55.2 Å². The number of rotatable bonds is 6. The van der Waals surface area contributed by atoms with Crippen molar-refractivity contribution in [3.05, 3.63) is 106 Å². The third kappa shape index (κ3) is 4.95. The lowest BCUT2D eigenvalue weighted by Gasteiger charge is -2.24. The summed E-state index contributed by atoms with van der Waals surface area (Å²) in [6.45, 7) is 3.71. The average molecular weight is 658 g/mol. The minimum atomic E-state index is -0.715. The van der Waals surface area contributed by atoms with Crippen molar-refractivity contribution in [2.24, 2.45) is 4.99 Å². The zero-order valence-electron chi connectivity index (χ0n) is 20.7. The maximum absolute atomic E-state index is 13.8. The van der Waals surface area contributed by atoms with Crippen molar-refractivity contribution in [3.63, 3.8) is 0 Å². The number of furan rings is 1. The van der Waals surface area contributed by atoms with Gasteiger partial charge in [-0.1, -0.05) is 55.3 Å². The molecule has 0 radical (unpaired) electrons. The number of fused-ring (bicyclic) bond motifs is 1. The maximum Gasteiger partial charge on any atom is 0.338 e.